The molecular weight excluding hydrogens is 438 g/mol. The second-order valence-corrected chi connectivity index (χ2v) is 9.80. The zero-order valence-electron chi connectivity index (χ0n) is 20.0. The van der Waals surface area contributed by atoms with Crippen molar-refractivity contribution in [3.8, 4) is 11.3 Å². The van der Waals surface area contributed by atoms with Crippen molar-refractivity contribution in [1.82, 2.24) is 20.0 Å². The normalized spacial score (nSPS) is 14.2. The second-order valence-electron chi connectivity index (χ2n) is 9.39. The number of benzene rings is 1. The van der Waals surface area contributed by atoms with Crippen LogP contribution in [0.5, 0.6) is 0 Å². The number of nitrogens with zero attached hydrogens (tertiary/aromatic N) is 5. The lowest BCUT2D eigenvalue weighted by molar-refractivity contribution is -0.141. The Kier molecular flexibility index (Phi) is 8.67. The summed E-state index contributed by atoms with van der Waals surface area (Å²) in [7, 11) is 0. The first-order chi connectivity index (χ1) is 15.7. The highest BCUT2D eigenvalue weighted by Gasteiger charge is 2.26. The van der Waals surface area contributed by atoms with Gasteiger partial charge in [-0.05, 0) is 30.0 Å². The summed E-state index contributed by atoms with van der Waals surface area (Å²) in [5, 5.41) is 9.37. The Morgan fingerprint density at radius 1 is 0.970 bits per heavy atom. The number of anilines is 1. The molecule has 1 saturated heterocycles. The highest BCUT2D eigenvalue weighted by atomic mass is 35.5. The topological polar surface area (TPSA) is 69.6 Å². The standard InChI is InChI=1S/C25H34ClN5O2/c1-18(2)15-24(32)31(16-19(3)4)17-25(33)30-13-11-29(12-14-30)23-10-9-22(27-28-23)20-7-5-6-8-21(20)26/h5-10,18-19H,11-17H2,1-4H3. The van der Waals surface area contributed by atoms with Gasteiger partial charge in [0.2, 0.25) is 11.8 Å². The van der Waals surface area contributed by atoms with Crippen molar-refractivity contribution in [3.05, 3.63) is 41.4 Å². The molecule has 1 aliphatic rings. The third-order valence-corrected chi connectivity index (χ3v) is 5.93. The molecule has 2 aromatic rings. The van der Waals surface area contributed by atoms with E-state index < -0.39 is 0 Å². The van der Waals surface area contributed by atoms with E-state index in [1.165, 1.54) is 0 Å². The molecule has 0 spiro atoms. The Morgan fingerprint density at radius 3 is 2.24 bits per heavy atom. The Morgan fingerprint density at radius 2 is 1.67 bits per heavy atom. The fourth-order valence-corrected chi connectivity index (χ4v) is 4.16. The fraction of sp³-hybridized carbons (Fsp3) is 0.520. The van der Waals surface area contributed by atoms with Crippen LogP contribution in [0.25, 0.3) is 11.3 Å². The van der Waals surface area contributed by atoms with Crippen LogP contribution in [-0.2, 0) is 9.59 Å². The summed E-state index contributed by atoms with van der Waals surface area (Å²) in [5.74, 6) is 1.44. The predicted molar refractivity (Wildman–Crippen MR) is 132 cm³/mol. The van der Waals surface area contributed by atoms with Crippen LogP contribution in [0.1, 0.15) is 34.1 Å². The van der Waals surface area contributed by atoms with Gasteiger partial charge in [-0.25, -0.2) is 0 Å². The Bertz CT molecular complexity index is 940. The quantitative estimate of drug-likeness (QED) is 0.582. The first-order valence-corrected chi connectivity index (χ1v) is 12.0. The van der Waals surface area contributed by atoms with E-state index in [1.807, 2.05) is 55.1 Å². The average molecular weight is 472 g/mol. The number of amides is 2. The maximum absolute atomic E-state index is 12.9. The van der Waals surface area contributed by atoms with Crippen molar-refractivity contribution in [2.24, 2.45) is 11.8 Å². The minimum absolute atomic E-state index is 0.00700. The summed E-state index contributed by atoms with van der Waals surface area (Å²) in [6.07, 6.45) is 0.469. The molecule has 2 heterocycles. The van der Waals surface area contributed by atoms with E-state index in [2.05, 4.69) is 28.9 Å². The largest absolute Gasteiger partial charge is 0.352 e. The summed E-state index contributed by atoms with van der Waals surface area (Å²) < 4.78 is 0. The fourth-order valence-electron chi connectivity index (χ4n) is 3.93. The van der Waals surface area contributed by atoms with Crippen LogP contribution in [0.2, 0.25) is 5.02 Å². The third kappa shape index (κ3) is 6.90. The zero-order chi connectivity index (χ0) is 24.0. The number of hydrogen-bond acceptors (Lipinski definition) is 5. The number of piperazine rings is 1. The molecule has 1 aromatic carbocycles. The molecule has 1 fully saturated rings. The second kappa shape index (κ2) is 11.5. The summed E-state index contributed by atoms with van der Waals surface area (Å²) >= 11 is 6.26. The van der Waals surface area contributed by atoms with Crippen molar-refractivity contribution >= 4 is 29.2 Å². The molecular formula is C25H34ClN5O2. The maximum Gasteiger partial charge on any atom is 0.242 e. The number of rotatable bonds is 8. The smallest absolute Gasteiger partial charge is 0.242 e. The van der Waals surface area contributed by atoms with Crippen LogP contribution < -0.4 is 4.90 Å². The van der Waals surface area contributed by atoms with Crippen LogP contribution in [0.3, 0.4) is 0 Å². The number of carbonyl (C=O) groups is 2. The van der Waals surface area contributed by atoms with Crippen LogP contribution in [0.15, 0.2) is 36.4 Å². The van der Waals surface area contributed by atoms with Gasteiger partial charge in [0.15, 0.2) is 5.82 Å². The molecule has 2 amide bonds. The molecule has 0 atom stereocenters. The SMILES string of the molecule is CC(C)CC(=O)N(CC(=O)N1CCN(c2ccc(-c3ccccc3Cl)nn2)CC1)CC(C)C. The van der Waals surface area contributed by atoms with Gasteiger partial charge in [-0.1, -0.05) is 57.5 Å². The van der Waals surface area contributed by atoms with Crippen molar-refractivity contribution in [1.29, 1.82) is 0 Å². The minimum atomic E-state index is 0.00700. The van der Waals surface area contributed by atoms with Crippen molar-refractivity contribution in [2.75, 3.05) is 44.2 Å². The highest BCUT2D eigenvalue weighted by molar-refractivity contribution is 6.33. The molecule has 8 heteroatoms. The van der Waals surface area contributed by atoms with Crippen molar-refractivity contribution < 1.29 is 9.59 Å². The Balaban J connectivity index is 1.56. The van der Waals surface area contributed by atoms with Gasteiger partial charge >= 0.3 is 0 Å². The highest BCUT2D eigenvalue weighted by Crippen LogP contribution is 2.26. The Hall–Kier alpha value is -2.67. The first-order valence-electron chi connectivity index (χ1n) is 11.6. The molecule has 0 unspecified atom stereocenters. The van der Waals surface area contributed by atoms with E-state index in [4.69, 9.17) is 11.6 Å². The molecule has 0 bridgehead atoms. The molecule has 178 valence electrons. The number of hydrogen-bond donors (Lipinski definition) is 0. The van der Waals surface area contributed by atoms with Crippen molar-refractivity contribution in [3.63, 3.8) is 0 Å². The maximum atomic E-state index is 12.9. The van der Waals surface area contributed by atoms with Crippen LogP contribution in [-0.4, -0.2) is 71.1 Å². The molecule has 1 aliphatic heterocycles. The molecule has 0 aliphatic carbocycles. The van der Waals surface area contributed by atoms with Crippen LogP contribution in [0.4, 0.5) is 5.82 Å². The molecule has 0 N–H and O–H groups in total. The van der Waals surface area contributed by atoms with E-state index in [0.717, 1.165) is 17.1 Å². The van der Waals surface area contributed by atoms with E-state index in [0.29, 0.717) is 50.1 Å². The number of aromatic nitrogens is 2. The lowest BCUT2D eigenvalue weighted by atomic mass is 10.1. The van der Waals surface area contributed by atoms with Crippen LogP contribution >= 0.6 is 11.6 Å². The summed E-state index contributed by atoms with van der Waals surface area (Å²) in [4.78, 5) is 31.2. The molecule has 3 rings (SSSR count). The predicted octanol–water partition coefficient (Wildman–Crippen LogP) is 3.98. The number of carbonyl (C=O) groups excluding carboxylic acids is 2. The third-order valence-electron chi connectivity index (χ3n) is 5.60. The van der Waals surface area contributed by atoms with Gasteiger partial charge in [0.05, 0.1) is 17.3 Å². The lowest BCUT2D eigenvalue weighted by Gasteiger charge is -2.36. The number of halogens is 1. The van der Waals surface area contributed by atoms with Gasteiger partial charge < -0.3 is 14.7 Å². The first kappa shape index (κ1) is 25.0. The van der Waals surface area contributed by atoms with Crippen molar-refractivity contribution in [2.45, 2.75) is 34.1 Å². The molecule has 33 heavy (non-hydrogen) atoms. The van der Waals surface area contributed by atoms with Gasteiger partial charge in [-0.15, -0.1) is 10.2 Å². The molecule has 1 aromatic heterocycles. The van der Waals surface area contributed by atoms with Gasteiger partial charge in [0.25, 0.3) is 0 Å². The molecule has 7 nitrogen and oxygen atoms in total. The summed E-state index contributed by atoms with van der Waals surface area (Å²) in [6, 6.07) is 11.4. The van der Waals surface area contributed by atoms with E-state index in [1.54, 1.807) is 4.90 Å². The minimum Gasteiger partial charge on any atom is -0.352 e. The molecule has 0 saturated carbocycles. The summed E-state index contributed by atoms with van der Waals surface area (Å²) in [6.45, 7) is 11.5. The zero-order valence-corrected chi connectivity index (χ0v) is 20.8. The monoisotopic (exact) mass is 471 g/mol. The van der Waals surface area contributed by atoms with E-state index in [-0.39, 0.29) is 24.3 Å². The summed E-state index contributed by atoms with van der Waals surface area (Å²) in [5.41, 5.74) is 1.58. The molecule has 0 radical (unpaired) electrons. The van der Waals surface area contributed by atoms with Gasteiger partial charge in [0, 0.05) is 44.7 Å². The van der Waals surface area contributed by atoms with Gasteiger partial charge in [-0.3, -0.25) is 9.59 Å². The average Bonchev–Trinajstić information content (AvgIpc) is 2.78. The van der Waals surface area contributed by atoms with Gasteiger partial charge in [-0.2, -0.15) is 0 Å². The lowest BCUT2D eigenvalue weighted by Crippen LogP contribution is -2.52. The van der Waals surface area contributed by atoms with E-state index >= 15 is 0 Å². The van der Waals surface area contributed by atoms with E-state index in [9.17, 15) is 9.59 Å². The Labute approximate surface area is 201 Å². The van der Waals surface area contributed by atoms with Crippen LogP contribution in [0, 0.1) is 11.8 Å². The van der Waals surface area contributed by atoms with Gasteiger partial charge in [0.1, 0.15) is 0 Å².